The number of fused-ring (bicyclic) bond motifs is 3. The number of hydrogen-bond donors (Lipinski definition) is 0. The van der Waals surface area contributed by atoms with Gasteiger partial charge in [0.15, 0.2) is 0 Å². The maximum absolute atomic E-state index is 12.0. The molecule has 0 spiro atoms. The van der Waals surface area contributed by atoms with Crippen molar-refractivity contribution in [2.45, 2.75) is 32.2 Å². The van der Waals surface area contributed by atoms with Crippen LogP contribution in [0.15, 0.2) is 48.5 Å². The van der Waals surface area contributed by atoms with E-state index in [-0.39, 0.29) is 16.8 Å². The standard InChI is InChI=1S/C21H22N2O2/c1-13-8-10-15(11-9-13)19-20-16-6-4-5-7-17(16)22(3)18(20)12-14(2)21(19)23(24)25/h4-11,14,19,21H,12H2,1-3H3/t14-,19+,21-/m0/s1. The van der Waals surface area contributed by atoms with Crippen molar-refractivity contribution in [2.75, 3.05) is 0 Å². The first-order chi connectivity index (χ1) is 12.0. The summed E-state index contributed by atoms with van der Waals surface area (Å²) in [6, 6.07) is 15.9. The summed E-state index contributed by atoms with van der Waals surface area (Å²) in [6.45, 7) is 4.05. The van der Waals surface area contributed by atoms with Crippen molar-refractivity contribution in [1.82, 2.24) is 4.57 Å². The lowest BCUT2D eigenvalue weighted by Gasteiger charge is -2.32. The van der Waals surface area contributed by atoms with Gasteiger partial charge in [-0.05, 0) is 30.5 Å². The third-order valence-electron chi connectivity index (χ3n) is 5.70. The van der Waals surface area contributed by atoms with E-state index < -0.39 is 6.04 Å². The monoisotopic (exact) mass is 334 g/mol. The van der Waals surface area contributed by atoms with Gasteiger partial charge in [-0.15, -0.1) is 0 Å². The molecule has 0 unspecified atom stereocenters. The van der Waals surface area contributed by atoms with Crippen LogP contribution >= 0.6 is 0 Å². The van der Waals surface area contributed by atoms with Crippen molar-refractivity contribution < 1.29 is 4.92 Å². The van der Waals surface area contributed by atoms with E-state index in [0.717, 1.165) is 28.5 Å². The SMILES string of the molecule is Cc1ccc([C@@H]2c3c(n(C)c4ccccc34)C[C@H](C)[C@@H]2[N+](=O)[O-])cc1. The number of rotatable bonds is 2. The number of hydrogen-bond acceptors (Lipinski definition) is 2. The Bertz CT molecular complexity index is 956. The molecule has 1 aromatic heterocycles. The normalized spacial score (nSPS) is 22.8. The van der Waals surface area contributed by atoms with E-state index in [9.17, 15) is 10.1 Å². The average molecular weight is 334 g/mol. The molecule has 0 saturated carbocycles. The fourth-order valence-electron chi connectivity index (χ4n) is 4.46. The summed E-state index contributed by atoms with van der Waals surface area (Å²) >= 11 is 0. The molecular formula is C21H22N2O2. The molecule has 25 heavy (non-hydrogen) atoms. The van der Waals surface area contributed by atoms with E-state index in [1.807, 2.05) is 26.0 Å². The van der Waals surface area contributed by atoms with Crippen molar-refractivity contribution in [2.24, 2.45) is 13.0 Å². The smallest absolute Gasteiger partial charge is 0.226 e. The Hall–Kier alpha value is -2.62. The first kappa shape index (κ1) is 15.9. The topological polar surface area (TPSA) is 48.1 Å². The van der Waals surface area contributed by atoms with E-state index >= 15 is 0 Å². The van der Waals surface area contributed by atoms with Crippen LogP contribution in [-0.2, 0) is 13.5 Å². The minimum absolute atomic E-state index is 0.00295. The molecule has 1 aliphatic carbocycles. The van der Waals surface area contributed by atoms with Gasteiger partial charge < -0.3 is 4.57 Å². The van der Waals surface area contributed by atoms with Crippen molar-refractivity contribution in [1.29, 1.82) is 0 Å². The highest BCUT2D eigenvalue weighted by Crippen LogP contribution is 2.45. The Labute approximate surface area is 147 Å². The largest absolute Gasteiger partial charge is 0.347 e. The molecule has 0 amide bonds. The first-order valence-electron chi connectivity index (χ1n) is 8.75. The highest BCUT2D eigenvalue weighted by Gasteiger charge is 2.45. The molecule has 0 bridgehead atoms. The molecule has 4 rings (SSSR count). The van der Waals surface area contributed by atoms with Gasteiger partial charge in [-0.3, -0.25) is 10.1 Å². The predicted molar refractivity (Wildman–Crippen MR) is 99.6 cm³/mol. The lowest BCUT2D eigenvalue weighted by molar-refractivity contribution is -0.535. The van der Waals surface area contributed by atoms with Crippen LogP contribution in [0.4, 0.5) is 0 Å². The molecule has 1 heterocycles. The van der Waals surface area contributed by atoms with E-state index in [1.54, 1.807) is 0 Å². The Balaban J connectivity index is 2.03. The number of nitro groups is 1. The zero-order chi connectivity index (χ0) is 17.7. The summed E-state index contributed by atoms with van der Waals surface area (Å²) in [6.07, 6.45) is 0.745. The summed E-state index contributed by atoms with van der Waals surface area (Å²) in [7, 11) is 2.08. The maximum atomic E-state index is 12.0. The lowest BCUT2D eigenvalue weighted by Crippen LogP contribution is -2.39. The molecule has 0 saturated heterocycles. The molecule has 0 N–H and O–H groups in total. The van der Waals surface area contributed by atoms with Gasteiger partial charge in [0.05, 0.1) is 5.92 Å². The highest BCUT2D eigenvalue weighted by molar-refractivity contribution is 5.87. The number of aryl methyl sites for hydroxylation is 2. The van der Waals surface area contributed by atoms with Crippen LogP contribution in [0.1, 0.15) is 35.2 Å². The summed E-state index contributed by atoms with van der Waals surface area (Å²) in [5.41, 5.74) is 5.74. The summed E-state index contributed by atoms with van der Waals surface area (Å²) in [5, 5.41) is 13.1. The molecule has 2 aromatic carbocycles. The second kappa shape index (κ2) is 5.73. The minimum Gasteiger partial charge on any atom is -0.347 e. The molecular weight excluding hydrogens is 312 g/mol. The minimum atomic E-state index is -0.596. The molecule has 0 aliphatic heterocycles. The zero-order valence-electron chi connectivity index (χ0n) is 14.8. The van der Waals surface area contributed by atoms with Gasteiger partial charge in [0.25, 0.3) is 0 Å². The Kier molecular flexibility index (Phi) is 3.64. The van der Waals surface area contributed by atoms with Crippen molar-refractivity contribution in [3.63, 3.8) is 0 Å². The van der Waals surface area contributed by atoms with Crippen LogP contribution in [-0.4, -0.2) is 15.5 Å². The molecule has 4 heteroatoms. The van der Waals surface area contributed by atoms with E-state index in [1.165, 1.54) is 11.3 Å². The van der Waals surface area contributed by atoms with Gasteiger partial charge in [0.2, 0.25) is 6.04 Å². The Morgan fingerprint density at radius 2 is 1.80 bits per heavy atom. The molecule has 3 aromatic rings. The first-order valence-corrected chi connectivity index (χ1v) is 8.75. The number of nitrogens with zero attached hydrogens (tertiary/aromatic N) is 2. The molecule has 3 atom stereocenters. The number of benzene rings is 2. The van der Waals surface area contributed by atoms with Crippen molar-refractivity contribution in [3.8, 4) is 0 Å². The Morgan fingerprint density at radius 3 is 2.48 bits per heavy atom. The summed E-state index contributed by atoms with van der Waals surface area (Å²) in [5.74, 6) is -0.211. The van der Waals surface area contributed by atoms with Crippen LogP contribution in [0, 0.1) is 23.0 Å². The predicted octanol–water partition coefficient (Wildman–Crippen LogP) is 4.46. The lowest BCUT2D eigenvalue weighted by atomic mass is 9.72. The molecule has 0 fully saturated rings. The number of para-hydroxylation sites is 1. The fourth-order valence-corrected chi connectivity index (χ4v) is 4.46. The highest BCUT2D eigenvalue weighted by atomic mass is 16.6. The van der Waals surface area contributed by atoms with Gasteiger partial charge in [0, 0.05) is 34.5 Å². The quantitative estimate of drug-likeness (QED) is 0.513. The van der Waals surface area contributed by atoms with Crippen LogP contribution in [0.2, 0.25) is 0 Å². The van der Waals surface area contributed by atoms with Gasteiger partial charge >= 0.3 is 0 Å². The molecule has 4 nitrogen and oxygen atoms in total. The number of aromatic nitrogens is 1. The van der Waals surface area contributed by atoms with Crippen LogP contribution in [0.25, 0.3) is 10.9 Å². The summed E-state index contributed by atoms with van der Waals surface area (Å²) < 4.78 is 2.22. The van der Waals surface area contributed by atoms with Crippen molar-refractivity contribution >= 4 is 10.9 Å². The maximum Gasteiger partial charge on any atom is 0.226 e. The van der Waals surface area contributed by atoms with Crippen molar-refractivity contribution in [3.05, 3.63) is 81.0 Å². The van der Waals surface area contributed by atoms with Gasteiger partial charge in [-0.25, -0.2) is 0 Å². The van der Waals surface area contributed by atoms with Gasteiger partial charge in [-0.1, -0.05) is 55.0 Å². The second-order valence-corrected chi connectivity index (χ2v) is 7.28. The van der Waals surface area contributed by atoms with Gasteiger partial charge in [-0.2, -0.15) is 0 Å². The van der Waals surface area contributed by atoms with Gasteiger partial charge in [0.1, 0.15) is 0 Å². The third kappa shape index (κ3) is 2.36. The molecule has 1 aliphatic rings. The average Bonchev–Trinajstić information content (AvgIpc) is 2.87. The van der Waals surface area contributed by atoms with Crippen LogP contribution in [0.3, 0.4) is 0 Å². The molecule has 128 valence electrons. The van der Waals surface area contributed by atoms with Crippen LogP contribution in [0.5, 0.6) is 0 Å². The molecule has 0 radical (unpaired) electrons. The fraction of sp³-hybridized carbons (Fsp3) is 0.333. The summed E-state index contributed by atoms with van der Waals surface area (Å²) in [4.78, 5) is 11.9. The zero-order valence-corrected chi connectivity index (χ0v) is 14.8. The second-order valence-electron chi connectivity index (χ2n) is 7.28. The van der Waals surface area contributed by atoms with Crippen LogP contribution < -0.4 is 0 Å². The third-order valence-corrected chi connectivity index (χ3v) is 5.70. The Morgan fingerprint density at radius 1 is 1.12 bits per heavy atom. The van der Waals surface area contributed by atoms with E-state index in [0.29, 0.717) is 0 Å². The van der Waals surface area contributed by atoms with E-state index in [2.05, 4.69) is 48.0 Å². The van der Waals surface area contributed by atoms with E-state index in [4.69, 9.17) is 0 Å².